The Kier molecular flexibility index (Phi) is 4.60. The molecule has 0 N–H and O–H groups in total. The summed E-state index contributed by atoms with van der Waals surface area (Å²) in [5, 5.41) is 0. The summed E-state index contributed by atoms with van der Waals surface area (Å²) < 4.78 is 11.5. The summed E-state index contributed by atoms with van der Waals surface area (Å²) in [6, 6.07) is 0. The second-order valence-corrected chi connectivity index (χ2v) is 10.5. The van der Waals surface area contributed by atoms with E-state index in [4.69, 9.17) is 15.9 Å². The van der Waals surface area contributed by atoms with Gasteiger partial charge in [-0.25, -0.2) is 0 Å². The molecule has 0 unspecified atom stereocenters. The summed E-state index contributed by atoms with van der Waals surface area (Å²) in [6.07, 6.45) is 14.3. The van der Waals surface area contributed by atoms with Gasteiger partial charge in [-0.1, -0.05) is 19.8 Å². The number of hydrogen-bond acceptors (Lipinski definition) is 4. The van der Waals surface area contributed by atoms with Crippen LogP contribution in [0.25, 0.3) is 0 Å². The van der Waals surface area contributed by atoms with Gasteiger partial charge in [0, 0.05) is 32.1 Å². The van der Waals surface area contributed by atoms with Gasteiger partial charge >= 0.3 is 11.9 Å². The molecule has 4 fully saturated rings. The topological polar surface area (TPSA) is 52.6 Å². The molecule has 4 aliphatic rings. The van der Waals surface area contributed by atoms with Crippen LogP contribution in [-0.2, 0) is 19.1 Å². The van der Waals surface area contributed by atoms with Gasteiger partial charge in [0.2, 0.25) is 0 Å². The molecule has 4 nitrogen and oxygen atoms in total. The Bertz CT molecular complexity index is 723. The average Bonchev–Trinajstić information content (AvgIpc) is 3.08. The fourth-order valence-electron chi connectivity index (χ4n) is 8.07. The minimum atomic E-state index is -0.725. The van der Waals surface area contributed by atoms with E-state index in [9.17, 15) is 9.59 Å². The van der Waals surface area contributed by atoms with Crippen LogP contribution >= 0.6 is 0 Å². The lowest BCUT2D eigenvalue weighted by Gasteiger charge is -2.57. The molecule has 4 heteroatoms. The highest BCUT2D eigenvalue weighted by Crippen LogP contribution is 2.68. The first kappa shape index (κ1) is 19.8. The van der Waals surface area contributed by atoms with Crippen molar-refractivity contribution in [1.82, 2.24) is 0 Å². The van der Waals surface area contributed by atoms with Crippen LogP contribution in [-0.4, -0.2) is 23.6 Å². The molecule has 154 valence electrons. The third-order valence-electron chi connectivity index (χ3n) is 9.13. The van der Waals surface area contributed by atoms with Crippen LogP contribution in [0.5, 0.6) is 0 Å². The molecule has 0 aromatic carbocycles. The van der Waals surface area contributed by atoms with Gasteiger partial charge in [-0.2, -0.15) is 0 Å². The maximum Gasteiger partial charge on any atom is 0.304 e. The highest BCUT2D eigenvalue weighted by atomic mass is 16.6. The van der Waals surface area contributed by atoms with E-state index in [1.54, 1.807) is 0 Å². The van der Waals surface area contributed by atoms with Crippen molar-refractivity contribution in [2.45, 2.75) is 90.8 Å². The van der Waals surface area contributed by atoms with Crippen LogP contribution in [0, 0.1) is 46.8 Å². The Balaban J connectivity index is 1.59. The molecule has 0 heterocycles. The van der Waals surface area contributed by atoms with Gasteiger partial charge < -0.3 is 9.47 Å². The van der Waals surface area contributed by atoms with Crippen molar-refractivity contribution in [2.24, 2.45) is 34.5 Å². The molecule has 0 radical (unpaired) electrons. The maximum absolute atomic E-state index is 11.7. The van der Waals surface area contributed by atoms with Crippen LogP contribution in [0.3, 0.4) is 0 Å². The Morgan fingerprint density at radius 2 is 1.68 bits per heavy atom. The van der Waals surface area contributed by atoms with Crippen molar-refractivity contribution in [3.63, 3.8) is 0 Å². The highest BCUT2D eigenvalue weighted by molar-refractivity contribution is 5.67. The van der Waals surface area contributed by atoms with Crippen LogP contribution in [0.4, 0.5) is 0 Å². The summed E-state index contributed by atoms with van der Waals surface area (Å²) in [6.45, 7) is 7.74. The molecule has 0 amide bonds. The molecule has 4 aliphatic carbocycles. The lowest BCUT2D eigenvalue weighted by atomic mass is 9.48. The number of carbonyl (C=O) groups excluding carboxylic acids is 2. The second kappa shape index (κ2) is 6.51. The smallest absolute Gasteiger partial charge is 0.304 e. The van der Waals surface area contributed by atoms with E-state index < -0.39 is 5.60 Å². The molecule has 8 atom stereocenters. The zero-order valence-corrected chi connectivity index (χ0v) is 17.8. The van der Waals surface area contributed by atoms with E-state index in [1.807, 2.05) is 0 Å². The van der Waals surface area contributed by atoms with E-state index in [-0.39, 0.29) is 28.9 Å². The number of terminal acetylenes is 1. The molecular weight excluding hydrogens is 352 g/mol. The number of hydrogen-bond donors (Lipinski definition) is 0. The Hall–Kier alpha value is -1.50. The summed E-state index contributed by atoms with van der Waals surface area (Å²) in [7, 11) is 0. The summed E-state index contributed by atoms with van der Waals surface area (Å²) >= 11 is 0. The van der Waals surface area contributed by atoms with Crippen molar-refractivity contribution in [3.8, 4) is 12.3 Å². The minimum Gasteiger partial charge on any atom is -0.462 e. The number of fused-ring (bicyclic) bond motifs is 5. The lowest BCUT2D eigenvalue weighted by Crippen LogP contribution is -2.51. The van der Waals surface area contributed by atoms with Crippen molar-refractivity contribution in [1.29, 1.82) is 0 Å². The first-order valence-electron chi connectivity index (χ1n) is 11.0. The predicted molar refractivity (Wildman–Crippen MR) is 106 cm³/mol. The van der Waals surface area contributed by atoms with E-state index in [1.165, 1.54) is 20.3 Å². The lowest BCUT2D eigenvalue weighted by molar-refractivity contribution is -0.160. The van der Waals surface area contributed by atoms with E-state index in [0.29, 0.717) is 23.7 Å². The van der Waals surface area contributed by atoms with Gasteiger partial charge in [-0.05, 0) is 67.6 Å². The Morgan fingerprint density at radius 1 is 0.964 bits per heavy atom. The molecule has 0 bridgehead atoms. The van der Waals surface area contributed by atoms with Gasteiger partial charge in [0.25, 0.3) is 0 Å². The average molecular weight is 387 g/mol. The number of carbonyl (C=O) groups is 2. The fourth-order valence-corrected chi connectivity index (χ4v) is 8.07. The molecule has 0 aromatic heterocycles. The van der Waals surface area contributed by atoms with Crippen molar-refractivity contribution >= 4 is 11.9 Å². The fraction of sp³-hybridized carbons (Fsp3) is 0.833. The molecule has 4 rings (SSSR count). The standard InChI is InChI=1S/C24H34O4/c1-6-24(28-16(3)26)13-17-7-8-18-19-9-10-21(27-15(2)25)22(19,4)12-11-20(18)23(17,5)14-24/h1,17-21H,7-14H2,2-5H3/t17-,18-,19-,20-,21-,22-,23-,24-/m0/s1. The molecule has 0 spiro atoms. The zero-order valence-electron chi connectivity index (χ0n) is 17.8. The van der Waals surface area contributed by atoms with Crippen LogP contribution in [0.15, 0.2) is 0 Å². The Labute approximate surface area is 169 Å². The van der Waals surface area contributed by atoms with Crippen LogP contribution in [0.1, 0.15) is 79.1 Å². The number of ether oxygens (including phenoxy) is 2. The van der Waals surface area contributed by atoms with E-state index in [2.05, 4.69) is 19.8 Å². The first-order valence-corrected chi connectivity index (χ1v) is 11.0. The van der Waals surface area contributed by atoms with E-state index in [0.717, 1.165) is 44.9 Å². The van der Waals surface area contributed by atoms with Crippen LogP contribution < -0.4 is 0 Å². The monoisotopic (exact) mass is 386 g/mol. The SMILES string of the molecule is C#C[C@]1(OC(C)=O)C[C@@H]2CC[C@@H]3[C@H](CC[C@]4(C)[C@@H](OC(C)=O)CC[C@@H]34)[C@@]2(C)C1. The maximum atomic E-state index is 11.7. The van der Waals surface area contributed by atoms with Gasteiger partial charge in [0.1, 0.15) is 6.10 Å². The molecule has 28 heavy (non-hydrogen) atoms. The molecule has 0 aliphatic heterocycles. The summed E-state index contributed by atoms with van der Waals surface area (Å²) in [5.41, 5.74) is -0.490. The summed E-state index contributed by atoms with van der Waals surface area (Å²) in [5.74, 6) is 4.86. The summed E-state index contributed by atoms with van der Waals surface area (Å²) in [4.78, 5) is 23.3. The normalized spacial score (nSPS) is 49.3. The molecule has 0 saturated heterocycles. The van der Waals surface area contributed by atoms with Gasteiger partial charge in [-0.15, -0.1) is 6.42 Å². The predicted octanol–water partition coefficient (Wildman–Crippen LogP) is 4.51. The Morgan fingerprint density at radius 3 is 2.32 bits per heavy atom. The van der Waals surface area contributed by atoms with Crippen molar-refractivity contribution in [3.05, 3.63) is 0 Å². The minimum absolute atomic E-state index is 0.0657. The third kappa shape index (κ3) is 2.80. The van der Waals surface area contributed by atoms with Crippen LogP contribution in [0.2, 0.25) is 0 Å². The molecule has 4 saturated carbocycles. The first-order chi connectivity index (χ1) is 13.1. The molecular formula is C24H34O4. The highest BCUT2D eigenvalue weighted by Gasteiger charge is 2.64. The third-order valence-corrected chi connectivity index (χ3v) is 9.13. The van der Waals surface area contributed by atoms with Gasteiger partial charge in [-0.3, -0.25) is 9.59 Å². The van der Waals surface area contributed by atoms with Gasteiger partial charge in [0.15, 0.2) is 5.60 Å². The second-order valence-electron chi connectivity index (χ2n) is 10.5. The zero-order chi connectivity index (χ0) is 20.3. The quantitative estimate of drug-likeness (QED) is 0.518. The van der Waals surface area contributed by atoms with Crippen molar-refractivity contribution in [2.75, 3.05) is 0 Å². The van der Waals surface area contributed by atoms with Crippen molar-refractivity contribution < 1.29 is 19.1 Å². The van der Waals surface area contributed by atoms with Gasteiger partial charge in [0.05, 0.1) is 0 Å². The number of esters is 2. The largest absolute Gasteiger partial charge is 0.462 e. The number of rotatable bonds is 2. The van der Waals surface area contributed by atoms with E-state index >= 15 is 0 Å². The molecule has 0 aromatic rings.